The molecule has 0 spiro atoms. The van der Waals surface area contributed by atoms with Crippen molar-refractivity contribution >= 4 is 23.6 Å². The summed E-state index contributed by atoms with van der Waals surface area (Å²) in [6.45, 7) is 2.68. The lowest BCUT2D eigenvalue weighted by Gasteiger charge is -2.51. The predicted octanol–water partition coefficient (Wildman–Crippen LogP) is -0.384. The van der Waals surface area contributed by atoms with Crippen molar-refractivity contribution in [3.63, 3.8) is 0 Å². The van der Waals surface area contributed by atoms with Gasteiger partial charge in [-0.1, -0.05) is 0 Å². The van der Waals surface area contributed by atoms with E-state index in [1.165, 1.54) is 14.2 Å². The second kappa shape index (κ2) is 10.3. The van der Waals surface area contributed by atoms with Crippen molar-refractivity contribution in [1.82, 2.24) is 15.1 Å². The molecule has 0 aromatic heterocycles. The molecular weight excluding hydrogens is 446 g/mol. The molecule has 11 heteroatoms. The molecule has 1 amide bonds. The quantitative estimate of drug-likeness (QED) is 0.413. The highest BCUT2D eigenvalue weighted by Gasteiger charge is 2.55. The standard InChI is InChI=1S/C23H35N3O8/c1-31-12-22(19(28)16-3-7-25(22)8-4-16)14-33-18(27)11-24-21(30)34-15-23(13-32-2)20(29)17-5-9-26(23)10-6-17/h16-17H,3-15H2,1-2H3,(H,24,30)/t22-,23-/m1/s1. The third-order valence-corrected chi connectivity index (χ3v) is 7.92. The average molecular weight is 482 g/mol. The van der Waals surface area contributed by atoms with Gasteiger partial charge in [0, 0.05) is 52.2 Å². The smallest absolute Gasteiger partial charge is 0.407 e. The summed E-state index contributed by atoms with van der Waals surface area (Å²) in [6, 6.07) is 0. The predicted molar refractivity (Wildman–Crippen MR) is 118 cm³/mol. The molecule has 11 nitrogen and oxygen atoms in total. The summed E-state index contributed by atoms with van der Waals surface area (Å²) < 4.78 is 21.3. The maximum Gasteiger partial charge on any atom is 0.407 e. The Morgan fingerprint density at radius 3 is 1.65 bits per heavy atom. The lowest BCUT2D eigenvalue weighted by atomic mass is 9.74. The van der Waals surface area contributed by atoms with Crippen LogP contribution in [0.5, 0.6) is 0 Å². The molecule has 6 fully saturated rings. The lowest BCUT2D eigenvalue weighted by Crippen LogP contribution is -2.69. The first kappa shape index (κ1) is 25.0. The van der Waals surface area contributed by atoms with Gasteiger partial charge < -0.3 is 24.3 Å². The first-order valence-corrected chi connectivity index (χ1v) is 12.0. The van der Waals surface area contributed by atoms with Gasteiger partial charge in [-0.25, -0.2) is 4.79 Å². The molecular formula is C23H35N3O8. The number of nitrogens with zero attached hydrogens (tertiary/aromatic N) is 2. The third-order valence-electron chi connectivity index (χ3n) is 7.92. The zero-order valence-electron chi connectivity index (χ0n) is 20.0. The van der Waals surface area contributed by atoms with Crippen molar-refractivity contribution in [2.24, 2.45) is 11.8 Å². The highest BCUT2D eigenvalue weighted by atomic mass is 16.6. The molecule has 0 unspecified atom stereocenters. The van der Waals surface area contributed by atoms with Gasteiger partial charge in [-0.3, -0.25) is 24.2 Å². The molecule has 4 bridgehead atoms. The Kier molecular flexibility index (Phi) is 7.56. The molecule has 0 aromatic carbocycles. The summed E-state index contributed by atoms with van der Waals surface area (Å²) in [4.78, 5) is 54.5. The van der Waals surface area contributed by atoms with E-state index in [9.17, 15) is 19.2 Å². The molecule has 34 heavy (non-hydrogen) atoms. The van der Waals surface area contributed by atoms with Gasteiger partial charge in [-0.15, -0.1) is 0 Å². The summed E-state index contributed by atoms with van der Waals surface area (Å²) in [7, 11) is 3.04. The number of esters is 1. The van der Waals surface area contributed by atoms with Crippen molar-refractivity contribution in [1.29, 1.82) is 0 Å². The largest absolute Gasteiger partial charge is 0.462 e. The topological polar surface area (TPSA) is 124 Å². The second-order valence-electron chi connectivity index (χ2n) is 9.77. The van der Waals surface area contributed by atoms with Gasteiger partial charge in [0.2, 0.25) is 0 Å². The number of fused-ring (bicyclic) bond motifs is 6. The van der Waals surface area contributed by atoms with Crippen LogP contribution >= 0.6 is 0 Å². The average Bonchev–Trinajstić information content (AvgIpc) is 2.86. The Morgan fingerprint density at radius 2 is 1.24 bits per heavy atom. The number of carbonyl (C=O) groups is 4. The normalized spacial score (nSPS) is 36.4. The molecule has 0 saturated carbocycles. The number of Topliss-reactive ketones (excluding diaryl/α,β-unsaturated/α-hetero) is 2. The van der Waals surface area contributed by atoms with Gasteiger partial charge in [0.15, 0.2) is 11.6 Å². The number of hydrogen-bond donors (Lipinski definition) is 1. The van der Waals surface area contributed by atoms with E-state index in [4.69, 9.17) is 18.9 Å². The lowest BCUT2D eigenvalue weighted by molar-refractivity contribution is -0.167. The number of amides is 1. The second-order valence-corrected chi connectivity index (χ2v) is 9.77. The molecule has 0 aromatic rings. The van der Waals surface area contributed by atoms with E-state index in [1.54, 1.807) is 0 Å². The van der Waals surface area contributed by atoms with Crippen LogP contribution in [-0.2, 0) is 33.3 Å². The summed E-state index contributed by atoms with van der Waals surface area (Å²) >= 11 is 0. The summed E-state index contributed by atoms with van der Waals surface area (Å²) in [5, 5.41) is 2.38. The highest BCUT2D eigenvalue weighted by Crippen LogP contribution is 2.38. The minimum atomic E-state index is -0.977. The fraction of sp³-hybridized carbons (Fsp3) is 0.826. The van der Waals surface area contributed by atoms with E-state index >= 15 is 0 Å². The molecule has 6 rings (SSSR count). The SMILES string of the molecule is COC[C@@]1(COC(=O)CNC(=O)OC[C@]2(COC)C(=O)C3CCN2CC3)C(=O)C2CCN1CC2. The van der Waals surface area contributed by atoms with E-state index in [0.717, 1.165) is 51.9 Å². The Bertz CT molecular complexity index is 740. The van der Waals surface area contributed by atoms with Gasteiger partial charge in [-0.05, 0) is 25.7 Å². The van der Waals surface area contributed by atoms with Crippen molar-refractivity contribution in [2.75, 3.05) is 73.4 Å². The Morgan fingerprint density at radius 1 is 0.794 bits per heavy atom. The molecule has 2 atom stereocenters. The Balaban J connectivity index is 1.26. The number of rotatable bonds is 10. The number of methoxy groups -OCH3 is 2. The van der Waals surface area contributed by atoms with E-state index in [0.29, 0.717) is 0 Å². The van der Waals surface area contributed by atoms with Crippen molar-refractivity contribution in [2.45, 2.75) is 36.8 Å². The van der Waals surface area contributed by atoms with Gasteiger partial charge in [-0.2, -0.15) is 0 Å². The zero-order chi connectivity index (χ0) is 24.3. The number of hydrogen-bond acceptors (Lipinski definition) is 10. The van der Waals surface area contributed by atoms with Crippen LogP contribution in [0.15, 0.2) is 0 Å². The number of ketones is 2. The molecule has 190 valence electrons. The van der Waals surface area contributed by atoms with Crippen molar-refractivity contribution < 1.29 is 38.1 Å². The fourth-order valence-electron chi connectivity index (χ4n) is 6.05. The highest BCUT2D eigenvalue weighted by molar-refractivity contribution is 5.93. The first-order valence-electron chi connectivity index (χ1n) is 12.0. The van der Waals surface area contributed by atoms with Gasteiger partial charge in [0.25, 0.3) is 0 Å². The fourth-order valence-corrected chi connectivity index (χ4v) is 6.05. The van der Waals surface area contributed by atoms with Crippen molar-refractivity contribution in [3.8, 4) is 0 Å². The van der Waals surface area contributed by atoms with Crippen LogP contribution in [-0.4, -0.2) is 118 Å². The van der Waals surface area contributed by atoms with Crippen LogP contribution in [0.1, 0.15) is 25.7 Å². The molecule has 6 saturated heterocycles. The monoisotopic (exact) mass is 481 g/mol. The zero-order valence-corrected chi connectivity index (χ0v) is 20.0. The molecule has 6 aliphatic heterocycles. The molecule has 1 N–H and O–H groups in total. The van der Waals surface area contributed by atoms with E-state index < -0.39 is 29.7 Å². The van der Waals surface area contributed by atoms with Gasteiger partial charge in [0.1, 0.15) is 30.8 Å². The first-order chi connectivity index (χ1) is 16.4. The Labute approximate surface area is 199 Å². The minimum Gasteiger partial charge on any atom is -0.462 e. The molecule has 6 aliphatic rings. The number of alkyl carbamates (subject to hydrolysis) is 1. The van der Waals surface area contributed by atoms with E-state index in [1.807, 2.05) is 9.80 Å². The number of carbonyl (C=O) groups excluding carboxylic acids is 4. The number of piperidine rings is 6. The number of nitrogens with one attached hydrogen (secondary N) is 1. The van der Waals surface area contributed by atoms with Crippen LogP contribution in [0.25, 0.3) is 0 Å². The minimum absolute atomic E-state index is 0.0279. The number of ether oxygens (including phenoxy) is 4. The Hall–Kier alpha value is -2.08. The van der Waals surface area contributed by atoms with Crippen LogP contribution in [0.4, 0.5) is 4.79 Å². The maximum atomic E-state index is 12.9. The van der Waals surface area contributed by atoms with E-state index in [-0.39, 0.29) is 49.8 Å². The van der Waals surface area contributed by atoms with Gasteiger partial charge >= 0.3 is 12.1 Å². The molecule has 6 heterocycles. The summed E-state index contributed by atoms with van der Waals surface area (Å²) in [6.07, 6.45) is 2.44. The van der Waals surface area contributed by atoms with E-state index in [2.05, 4.69) is 5.32 Å². The van der Waals surface area contributed by atoms with Crippen molar-refractivity contribution in [3.05, 3.63) is 0 Å². The van der Waals surface area contributed by atoms with Crippen LogP contribution in [0.2, 0.25) is 0 Å². The molecule has 0 radical (unpaired) electrons. The third kappa shape index (κ3) is 4.46. The summed E-state index contributed by atoms with van der Waals surface area (Å²) in [5.74, 6) is -0.638. The van der Waals surface area contributed by atoms with Crippen LogP contribution in [0.3, 0.4) is 0 Å². The van der Waals surface area contributed by atoms with Crippen LogP contribution in [0, 0.1) is 11.8 Å². The summed E-state index contributed by atoms with van der Waals surface area (Å²) in [5.41, 5.74) is -1.94. The molecule has 0 aliphatic carbocycles. The maximum absolute atomic E-state index is 12.9. The van der Waals surface area contributed by atoms with Crippen LogP contribution < -0.4 is 5.32 Å². The van der Waals surface area contributed by atoms with Gasteiger partial charge in [0.05, 0.1) is 13.2 Å².